The molecule has 6 heteroatoms. The number of carbonyl (C=O) groups excluding carboxylic acids is 1. The van der Waals surface area contributed by atoms with E-state index in [1.54, 1.807) is 0 Å². The van der Waals surface area contributed by atoms with Crippen molar-refractivity contribution < 1.29 is 4.79 Å². The second-order valence-electron chi connectivity index (χ2n) is 6.37. The summed E-state index contributed by atoms with van der Waals surface area (Å²) in [5.41, 5.74) is 1.95. The number of tetrazole rings is 1. The van der Waals surface area contributed by atoms with Crippen LogP contribution in [0.25, 0.3) is 22.2 Å². The standard InChI is InChI=1S/C21H19N5O/c1-15(18-13-7-11-16-8-5-6-12-19(16)18)22-20(27)14-26-24-21(23-25-26)17-9-3-2-4-10-17/h2-13,15H,14H2,1H3,(H,22,27)/t15-/m0/s1. The van der Waals surface area contributed by atoms with Gasteiger partial charge in [-0.1, -0.05) is 72.8 Å². The van der Waals surface area contributed by atoms with E-state index in [2.05, 4.69) is 38.9 Å². The molecule has 0 saturated heterocycles. The molecule has 27 heavy (non-hydrogen) atoms. The van der Waals surface area contributed by atoms with Gasteiger partial charge < -0.3 is 5.32 Å². The lowest BCUT2D eigenvalue weighted by Crippen LogP contribution is -2.31. The first kappa shape index (κ1) is 16.9. The van der Waals surface area contributed by atoms with E-state index in [1.165, 1.54) is 4.80 Å². The summed E-state index contributed by atoms with van der Waals surface area (Å²) in [6.45, 7) is 2.00. The molecule has 1 aromatic heterocycles. The molecule has 0 aliphatic rings. The van der Waals surface area contributed by atoms with Gasteiger partial charge in [0.05, 0.1) is 6.04 Å². The van der Waals surface area contributed by atoms with E-state index in [0.29, 0.717) is 5.82 Å². The molecule has 1 amide bonds. The van der Waals surface area contributed by atoms with Crippen molar-refractivity contribution in [1.82, 2.24) is 25.5 Å². The van der Waals surface area contributed by atoms with Crippen LogP contribution >= 0.6 is 0 Å². The lowest BCUT2D eigenvalue weighted by Gasteiger charge is -2.16. The Bertz CT molecular complexity index is 1070. The monoisotopic (exact) mass is 357 g/mol. The maximum absolute atomic E-state index is 12.4. The molecule has 0 spiro atoms. The average molecular weight is 357 g/mol. The quantitative estimate of drug-likeness (QED) is 0.594. The summed E-state index contributed by atoms with van der Waals surface area (Å²) in [6, 6.07) is 23.7. The van der Waals surface area contributed by atoms with Crippen LogP contribution in [-0.4, -0.2) is 26.1 Å². The van der Waals surface area contributed by atoms with Gasteiger partial charge in [-0.05, 0) is 28.5 Å². The smallest absolute Gasteiger partial charge is 0.244 e. The van der Waals surface area contributed by atoms with Crippen molar-refractivity contribution in [1.29, 1.82) is 0 Å². The Hall–Kier alpha value is -3.54. The molecule has 134 valence electrons. The maximum Gasteiger partial charge on any atom is 0.244 e. The number of nitrogens with zero attached hydrogens (tertiary/aromatic N) is 4. The van der Waals surface area contributed by atoms with Crippen LogP contribution in [0.5, 0.6) is 0 Å². The van der Waals surface area contributed by atoms with E-state index in [4.69, 9.17) is 0 Å². The predicted molar refractivity (Wildman–Crippen MR) is 104 cm³/mol. The number of nitrogens with one attached hydrogen (secondary N) is 1. The van der Waals surface area contributed by atoms with E-state index in [-0.39, 0.29) is 18.5 Å². The molecule has 4 rings (SSSR count). The molecule has 0 aliphatic carbocycles. The van der Waals surface area contributed by atoms with Crippen molar-refractivity contribution in [2.24, 2.45) is 0 Å². The fraction of sp³-hybridized carbons (Fsp3) is 0.143. The van der Waals surface area contributed by atoms with Gasteiger partial charge in [-0.2, -0.15) is 4.80 Å². The Morgan fingerprint density at radius 3 is 2.59 bits per heavy atom. The number of carbonyl (C=O) groups is 1. The highest BCUT2D eigenvalue weighted by Gasteiger charge is 2.14. The van der Waals surface area contributed by atoms with E-state index in [0.717, 1.165) is 21.9 Å². The van der Waals surface area contributed by atoms with Crippen molar-refractivity contribution in [3.63, 3.8) is 0 Å². The Labute approximate surface area is 156 Å². The molecule has 0 unspecified atom stereocenters. The van der Waals surface area contributed by atoms with Crippen molar-refractivity contribution in [2.45, 2.75) is 19.5 Å². The van der Waals surface area contributed by atoms with Crippen molar-refractivity contribution >= 4 is 16.7 Å². The summed E-state index contributed by atoms with van der Waals surface area (Å²) >= 11 is 0. The zero-order chi connectivity index (χ0) is 18.6. The molecule has 0 fully saturated rings. The number of amides is 1. The number of rotatable bonds is 5. The molecular weight excluding hydrogens is 338 g/mol. The summed E-state index contributed by atoms with van der Waals surface area (Å²) in [5, 5.41) is 17.6. The highest BCUT2D eigenvalue weighted by atomic mass is 16.2. The highest BCUT2D eigenvalue weighted by molar-refractivity contribution is 5.86. The third-order valence-corrected chi connectivity index (χ3v) is 4.44. The van der Waals surface area contributed by atoms with Gasteiger partial charge in [0, 0.05) is 5.56 Å². The second-order valence-corrected chi connectivity index (χ2v) is 6.37. The molecule has 1 heterocycles. The minimum atomic E-state index is -0.160. The number of hydrogen-bond donors (Lipinski definition) is 1. The number of fused-ring (bicyclic) bond motifs is 1. The van der Waals surface area contributed by atoms with Crippen LogP contribution in [-0.2, 0) is 11.3 Å². The van der Waals surface area contributed by atoms with Crippen LogP contribution in [0, 0.1) is 0 Å². The van der Waals surface area contributed by atoms with Crippen molar-refractivity contribution in [3.05, 3.63) is 78.4 Å². The van der Waals surface area contributed by atoms with Crippen molar-refractivity contribution in [3.8, 4) is 11.4 Å². The topological polar surface area (TPSA) is 72.7 Å². The van der Waals surface area contributed by atoms with Gasteiger partial charge in [-0.15, -0.1) is 10.2 Å². The summed E-state index contributed by atoms with van der Waals surface area (Å²) < 4.78 is 0. The van der Waals surface area contributed by atoms with Crippen molar-refractivity contribution in [2.75, 3.05) is 0 Å². The van der Waals surface area contributed by atoms with Gasteiger partial charge in [-0.3, -0.25) is 4.79 Å². The summed E-state index contributed by atoms with van der Waals surface area (Å²) in [7, 11) is 0. The molecule has 6 nitrogen and oxygen atoms in total. The maximum atomic E-state index is 12.4. The van der Waals surface area contributed by atoms with E-state index in [9.17, 15) is 4.79 Å². The summed E-state index contributed by atoms with van der Waals surface area (Å²) in [5.74, 6) is 0.345. The lowest BCUT2D eigenvalue weighted by atomic mass is 10.00. The predicted octanol–water partition coefficient (Wildman–Crippen LogP) is 3.37. The Balaban J connectivity index is 1.46. The van der Waals surface area contributed by atoms with Crippen LogP contribution in [0.15, 0.2) is 72.8 Å². The molecule has 0 bridgehead atoms. The highest BCUT2D eigenvalue weighted by Crippen LogP contribution is 2.24. The largest absolute Gasteiger partial charge is 0.348 e. The van der Waals surface area contributed by atoms with Crippen LogP contribution in [0.4, 0.5) is 0 Å². The van der Waals surface area contributed by atoms with Crippen LogP contribution in [0.2, 0.25) is 0 Å². The Kier molecular flexibility index (Phi) is 4.61. The molecule has 0 saturated carbocycles. The number of aromatic nitrogens is 4. The number of benzene rings is 3. The average Bonchev–Trinajstić information content (AvgIpc) is 3.16. The van der Waals surface area contributed by atoms with E-state index >= 15 is 0 Å². The molecular formula is C21H19N5O. The Morgan fingerprint density at radius 2 is 1.74 bits per heavy atom. The first-order valence-corrected chi connectivity index (χ1v) is 8.81. The molecule has 0 radical (unpaired) electrons. The minimum absolute atomic E-state index is 0.0228. The first-order chi connectivity index (χ1) is 13.2. The zero-order valence-electron chi connectivity index (χ0n) is 14.9. The third-order valence-electron chi connectivity index (χ3n) is 4.44. The summed E-state index contributed by atoms with van der Waals surface area (Å²) in [4.78, 5) is 13.8. The summed E-state index contributed by atoms with van der Waals surface area (Å²) in [6.07, 6.45) is 0. The Morgan fingerprint density at radius 1 is 1.00 bits per heavy atom. The molecule has 4 aromatic rings. The van der Waals surface area contributed by atoms with Gasteiger partial charge in [0.1, 0.15) is 6.54 Å². The van der Waals surface area contributed by atoms with Gasteiger partial charge in [0.25, 0.3) is 0 Å². The second kappa shape index (κ2) is 7.37. The normalized spacial score (nSPS) is 12.0. The fourth-order valence-electron chi connectivity index (χ4n) is 3.13. The van der Waals surface area contributed by atoms with E-state index < -0.39 is 0 Å². The molecule has 0 aliphatic heterocycles. The van der Waals surface area contributed by atoms with Gasteiger partial charge in [-0.25, -0.2) is 0 Å². The van der Waals surface area contributed by atoms with Gasteiger partial charge in [0.2, 0.25) is 11.7 Å². The molecule has 1 N–H and O–H groups in total. The zero-order valence-corrected chi connectivity index (χ0v) is 14.9. The van der Waals surface area contributed by atoms with Crippen LogP contribution < -0.4 is 5.32 Å². The minimum Gasteiger partial charge on any atom is -0.348 e. The van der Waals surface area contributed by atoms with Crippen LogP contribution in [0.3, 0.4) is 0 Å². The fourth-order valence-corrected chi connectivity index (χ4v) is 3.13. The molecule has 3 aromatic carbocycles. The lowest BCUT2D eigenvalue weighted by molar-refractivity contribution is -0.122. The number of hydrogen-bond acceptors (Lipinski definition) is 4. The van der Waals surface area contributed by atoms with Gasteiger partial charge in [0.15, 0.2) is 0 Å². The van der Waals surface area contributed by atoms with E-state index in [1.807, 2.05) is 61.5 Å². The third kappa shape index (κ3) is 3.69. The molecule has 1 atom stereocenters. The van der Waals surface area contributed by atoms with Gasteiger partial charge >= 0.3 is 0 Å². The van der Waals surface area contributed by atoms with Crippen LogP contribution in [0.1, 0.15) is 18.5 Å². The first-order valence-electron chi connectivity index (χ1n) is 8.81. The SMILES string of the molecule is C[C@H](NC(=O)Cn1nnc(-c2ccccc2)n1)c1cccc2ccccc12.